The van der Waals surface area contributed by atoms with E-state index in [4.69, 9.17) is 4.74 Å². The van der Waals surface area contributed by atoms with Crippen molar-refractivity contribution in [3.8, 4) is 0 Å². The summed E-state index contributed by atoms with van der Waals surface area (Å²) in [5.41, 5.74) is 1.16. The first-order chi connectivity index (χ1) is 11.0. The van der Waals surface area contributed by atoms with E-state index in [2.05, 4.69) is 10.3 Å². The summed E-state index contributed by atoms with van der Waals surface area (Å²) in [5.74, 6) is 1.23. The second-order valence-electron chi connectivity index (χ2n) is 5.99. The third kappa shape index (κ3) is 4.68. The Kier molecular flexibility index (Phi) is 5.96. The molecule has 1 fully saturated rings. The van der Waals surface area contributed by atoms with Gasteiger partial charge in [-0.15, -0.1) is 0 Å². The SMILES string of the molecule is COC(=O)c1ccc(NCCC2CCN(C(C)=O)CC2)nc1C. The van der Waals surface area contributed by atoms with Gasteiger partial charge in [-0.2, -0.15) is 0 Å². The molecule has 6 nitrogen and oxygen atoms in total. The van der Waals surface area contributed by atoms with Crippen molar-refractivity contribution < 1.29 is 14.3 Å². The van der Waals surface area contributed by atoms with Crippen LogP contribution in [0.3, 0.4) is 0 Å². The summed E-state index contributed by atoms with van der Waals surface area (Å²) in [7, 11) is 1.37. The number of ether oxygens (including phenoxy) is 1. The Morgan fingerprint density at radius 2 is 2.04 bits per heavy atom. The zero-order valence-electron chi connectivity index (χ0n) is 14.1. The van der Waals surface area contributed by atoms with Gasteiger partial charge in [-0.3, -0.25) is 4.79 Å². The maximum absolute atomic E-state index is 11.5. The zero-order chi connectivity index (χ0) is 16.8. The molecule has 2 rings (SSSR count). The first kappa shape index (κ1) is 17.2. The predicted molar refractivity (Wildman–Crippen MR) is 88.4 cm³/mol. The van der Waals surface area contributed by atoms with Crippen LogP contribution in [0, 0.1) is 12.8 Å². The molecule has 6 heteroatoms. The van der Waals surface area contributed by atoms with Crippen molar-refractivity contribution in [3.05, 3.63) is 23.4 Å². The first-order valence-electron chi connectivity index (χ1n) is 8.06. The Morgan fingerprint density at radius 3 is 2.61 bits per heavy atom. The summed E-state index contributed by atoms with van der Waals surface area (Å²) in [6.07, 6.45) is 3.19. The monoisotopic (exact) mass is 319 g/mol. The van der Waals surface area contributed by atoms with Crippen molar-refractivity contribution in [1.82, 2.24) is 9.88 Å². The lowest BCUT2D eigenvalue weighted by atomic mass is 9.93. The number of likely N-dealkylation sites (tertiary alicyclic amines) is 1. The third-order valence-electron chi connectivity index (χ3n) is 4.41. The number of methoxy groups -OCH3 is 1. The standard InChI is InChI=1S/C17H25N3O3/c1-12-15(17(22)23-3)4-5-16(19-12)18-9-6-14-7-10-20(11-8-14)13(2)21/h4-5,14H,6-11H2,1-3H3,(H,18,19). The van der Waals surface area contributed by atoms with Crippen LogP contribution >= 0.6 is 0 Å². The number of nitrogens with one attached hydrogen (secondary N) is 1. The molecule has 1 aromatic heterocycles. The predicted octanol–water partition coefficient (Wildman–Crippen LogP) is 2.24. The van der Waals surface area contributed by atoms with Crippen molar-refractivity contribution in [3.63, 3.8) is 0 Å². The smallest absolute Gasteiger partial charge is 0.339 e. The molecule has 126 valence electrons. The summed E-state index contributed by atoms with van der Waals surface area (Å²) in [4.78, 5) is 29.1. The molecule has 0 atom stereocenters. The molecule has 1 N–H and O–H groups in total. The molecule has 0 bridgehead atoms. The molecular formula is C17H25N3O3. The van der Waals surface area contributed by atoms with Gasteiger partial charge in [0, 0.05) is 26.6 Å². The number of hydrogen-bond donors (Lipinski definition) is 1. The number of amides is 1. The van der Waals surface area contributed by atoms with E-state index in [0.29, 0.717) is 17.2 Å². The highest BCUT2D eigenvalue weighted by Crippen LogP contribution is 2.20. The zero-order valence-corrected chi connectivity index (χ0v) is 14.1. The normalized spacial score (nSPS) is 15.3. The van der Waals surface area contributed by atoms with Gasteiger partial charge in [-0.05, 0) is 44.2 Å². The van der Waals surface area contributed by atoms with Crippen LogP contribution in [-0.2, 0) is 9.53 Å². The highest BCUT2D eigenvalue weighted by Gasteiger charge is 2.20. The van der Waals surface area contributed by atoms with Gasteiger partial charge in [0.25, 0.3) is 0 Å². The van der Waals surface area contributed by atoms with Gasteiger partial charge in [-0.1, -0.05) is 0 Å². The van der Waals surface area contributed by atoms with E-state index in [1.165, 1.54) is 7.11 Å². The van der Waals surface area contributed by atoms with E-state index in [9.17, 15) is 9.59 Å². The topological polar surface area (TPSA) is 71.5 Å². The number of hydrogen-bond acceptors (Lipinski definition) is 5. The van der Waals surface area contributed by atoms with Crippen LogP contribution in [0.15, 0.2) is 12.1 Å². The summed E-state index contributed by atoms with van der Waals surface area (Å²) in [6.45, 7) is 6.01. The Labute approximate surface area is 137 Å². The van der Waals surface area contributed by atoms with Crippen LogP contribution in [0.25, 0.3) is 0 Å². The number of piperidine rings is 1. The van der Waals surface area contributed by atoms with Gasteiger partial charge >= 0.3 is 5.97 Å². The number of anilines is 1. The van der Waals surface area contributed by atoms with Crippen LogP contribution in [-0.4, -0.2) is 48.5 Å². The molecule has 1 aliphatic rings. The molecule has 0 unspecified atom stereocenters. The summed E-state index contributed by atoms with van der Waals surface area (Å²) in [5, 5.41) is 3.31. The molecule has 23 heavy (non-hydrogen) atoms. The minimum atomic E-state index is -0.362. The highest BCUT2D eigenvalue weighted by atomic mass is 16.5. The minimum absolute atomic E-state index is 0.173. The van der Waals surface area contributed by atoms with Crippen LogP contribution < -0.4 is 5.32 Å². The van der Waals surface area contributed by atoms with Gasteiger partial charge in [0.05, 0.1) is 18.4 Å². The maximum Gasteiger partial charge on any atom is 0.339 e. The largest absolute Gasteiger partial charge is 0.465 e. The number of carbonyl (C=O) groups is 2. The quantitative estimate of drug-likeness (QED) is 0.843. The van der Waals surface area contributed by atoms with Crippen molar-refractivity contribution in [1.29, 1.82) is 0 Å². The fourth-order valence-electron chi connectivity index (χ4n) is 2.93. The van der Waals surface area contributed by atoms with E-state index >= 15 is 0 Å². The van der Waals surface area contributed by atoms with Gasteiger partial charge in [0.2, 0.25) is 5.91 Å². The van der Waals surface area contributed by atoms with Gasteiger partial charge < -0.3 is 15.0 Å². The third-order valence-corrected chi connectivity index (χ3v) is 4.41. The molecule has 2 heterocycles. The van der Waals surface area contributed by atoms with Gasteiger partial charge in [0.1, 0.15) is 5.82 Å². The molecule has 0 spiro atoms. The summed E-state index contributed by atoms with van der Waals surface area (Å²) >= 11 is 0. The summed E-state index contributed by atoms with van der Waals surface area (Å²) in [6, 6.07) is 3.54. The lowest BCUT2D eigenvalue weighted by molar-refractivity contribution is -0.130. The summed E-state index contributed by atoms with van der Waals surface area (Å²) < 4.78 is 4.72. The van der Waals surface area contributed by atoms with Crippen molar-refractivity contribution in [2.24, 2.45) is 5.92 Å². The Hall–Kier alpha value is -2.11. The van der Waals surface area contributed by atoms with E-state index in [-0.39, 0.29) is 11.9 Å². The molecule has 1 aromatic rings. The van der Waals surface area contributed by atoms with E-state index in [0.717, 1.165) is 44.7 Å². The van der Waals surface area contributed by atoms with E-state index in [1.54, 1.807) is 26.0 Å². The fourth-order valence-corrected chi connectivity index (χ4v) is 2.93. The number of nitrogens with zero attached hydrogens (tertiary/aromatic N) is 2. The minimum Gasteiger partial charge on any atom is -0.465 e. The molecular weight excluding hydrogens is 294 g/mol. The molecule has 1 aliphatic heterocycles. The number of aryl methyl sites for hydroxylation is 1. The lowest BCUT2D eigenvalue weighted by Gasteiger charge is -2.31. The Bertz CT molecular complexity index is 566. The number of pyridine rings is 1. The highest BCUT2D eigenvalue weighted by molar-refractivity contribution is 5.90. The first-order valence-corrected chi connectivity index (χ1v) is 8.06. The lowest BCUT2D eigenvalue weighted by Crippen LogP contribution is -2.37. The number of aromatic nitrogens is 1. The Balaban J connectivity index is 1.78. The van der Waals surface area contributed by atoms with E-state index in [1.807, 2.05) is 4.90 Å². The van der Waals surface area contributed by atoms with Crippen LogP contribution in [0.1, 0.15) is 42.2 Å². The Morgan fingerprint density at radius 1 is 1.35 bits per heavy atom. The van der Waals surface area contributed by atoms with Crippen LogP contribution in [0.4, 0.5) is 5.82 Å². The molecule has 0 aromatic carbocycles. The van der Waals surface area contributed by atoms with Crippen LogP contribution in [0.5, 0.6) is 0 Å². The number of carbonyl (C=O) groups excluding carboxylic acids is 2. The fraction of sp³-hybridized carbons (Fsp3) is 0.588. The van der Waals surface area contributed by atoms with Gasteiger partial charge in [-0.25, -0.2) is 9.78 Å². The van der Waals surface area contributed by atoms with Crippen molar-refractivity contribution in [2.45, 2.75) is 33.1 Å². The molecule has 0 aliphatic carbocycles. The average molecular weight is 319 g/mol. The number of rotatable bonds is 5. The second kappa shape index (κ2) is 7.94. The molecule has 1 amide bonds. The molecule has 0 radical (unpaired) electrons. The van der Waals surface area contributed by atoms with Crippen molar-refractivity contribution >= 4 is 17.7 Å². The molecule has 1 saturated heterocycles. The van der Waals surface area contributed by atoms with Gasteiger partial charge in [0.15, 0.2) is 0 Å². The molecule has 0 saturated carbocycles. The van der Waals surface area contributed by atoms with Crippen LogP contribution in [0.2, 0.25) is 0 Å². The van der Waals surface area contributed by atoms with Crippen molar-refractivity contribution in [2.75, 3.05) is 32.1 Å². The van der Waals surface area contributed by atoms with E-state index < -0.39 is 0 Å². The maximum atomic E-state index is 11.5. The number of esters is 1. The average Bonchev–Trinajstić information content (AvgIpc) is 2.55. The second-order valence-corrected chi connectivity index (χ2v) is 5.99.